The van der Waals surface area contributed by atoms with Gasteiger partial charge in [-0.3, -0.25) is 4.90 Å². The third-order valence-corrected chi connectivity index (χ3v) is 2.81. The van der Waals surface area contributed by atoms with E-state index in [2.05, 4.69) is 11.8 Å². The molecule has 0 saturated heterocycles. The van der Waals surface area contributed by atoms with Crippen LogP contribution in [-0.2, 0) is 0 Å². The summed E-state index contributed by atoms with van der Waals surface area (Å²) < 4.78 is 0. The van der Waals surface area contributed by atoms with Crippen LogP contribution in [0.15, 0.2) is 0 Å². The summed E-state index contributed by atoms with van der Waals surface area (Å²) in [6.45, 7) is 9.55. The van der Waals surface area contributed by atoms with E-state index in [1.54, 1.807) is 13.8 Å². The number of unbranched alkanes of at least 4 members (excludes halogenated alkanes) is 1. The lowest BCUT2D eigenvalue weighted by atomic mass is 10.3. The second kappa shape index (κ2) is 16.1. The Labute approximate surface area is 130 Å². The first kappa shape index (κ1) is 23.0. The van der Waals surface area contributed by atoms with Crippen molar-refractivity contribution in [3.8, 4) is 0 Å². The summed E-state index contributed by atoms with van der Waals surface area (Å²) >= 11 is 0. The summed E-state index contributed by atoms with van der Waals surface area (Å²) in [5, 5.41) is 35.1. The van der Waals surface area contributed by atoms with Gasteiger partial charge in [0.2, 0.25) is 0 Å². The maximum absolute atomic E-state index is 8.91. The zero-order chi connectivity index (χ0) is 16.7. The molecular weight excluding hydrogens is 272 g/mol. The number of hydrogen-bond donors (Lipinski definition) is 4. The van der Waals surface area contributed by atoms with Gasteiger partial charge in [-0.1, -0.05) is 13.3 Å². The van der Waals surface area contributed by atoms with Gasteiger partial charge in [0.1, 0.15) is 0 Å². The lowest BCUT2D eigenvalue weighted by Gasteiger charge is -2.19. The first-order valence-corrected chi connectivity index (χ1v) is 7.86. The Kier molecular flexibility index (Phi) is 17.7. The predicted molar refractivity (Wildman–Crippen MR) is 86.4 cm³/mol. The monoisotopic (exact) mass is 308 g/mol. The molecule has 0 spiro atoms. The topological polar surface area (TPSA) is 87.4 Å². The van der Waals surface area contributed by atoms with E-state index in [4.69, 9.17) is 20.4 Å². The van der Waals surface area contributed by atoms with Crippen LogP contribution in [-0.4, -0.2) is 95.4 Å². The summed E-state index contributed by atoms with van der Waals surface area (Å²) in [7, 11) is 1.87. The average Bonchev–Trinajstić information content (AvgIpc) is 2.35. The summed E-state index contributed by atoms with van der Waals surface area (Å²) in [5.41, 5.74) is 0. The highest BCUT2D eigenvalue weighted by atomic mass is 16.3. The zero-order valence-corrected chi connectivity index (χ0v) is 14.2. The van der Waals surface area contributed by atoms with Crippen molar-refractivity contribution in [2.24, 2.45) is 0 Å². The minimum absolute atomic E-state index is 0.184. The van der Waals surface area contributed by atoms with Gasteiger partial charge in [0.25, 0.3) is 0 Å². The molecule has 0 fully saturated rings. The summed E-state index contributed by atoms with van der Waals surface area (Å²) in [6, 6.07) is 0. The first-order valence-electron chi connectivity index (χ1n) is 7.86. The first-order chi connectivity index (χ1) is 9.87. The van der Waals surface area contributed by atoms with Crippen molar-refractivity contribution in [1.29, 1.82) is 0 Å². The highest BCUT2D eigenvalue weighted by Crippen LogP contribution is 1.93. The van der Waals surface area contributed by atoms with Crippen molar-refractivity contribution in [3.05, 3.63) is 0 Å². The summed E-state index contributed by atoms with van der Waals surface area (Å²) in [5.74, 6) is 0. The van der Waals surface area contributed by atoms with E-state index in [-0.39, 0.29) is 25.4 Å². The van der Waals surface area contributed by atoms with Crippen LogP contribution in [0.5, 0.6) is 0 Å². The molecule has 6 heteroatoms. The predicted octanol–water partition coefficient (Wildman–Crippen LogP) is -0.247. The van der Waals surface area contributed by atoms with Gasteiger partial charge in [-0.25, -0.2) is 0 Å². The van der Waals surface area contributed by atoms with E-state index >= 15 is 0 Å². The fourth-order valence-electron chi connectivity index (χ4n) is 1.98. The molecule has 2 atom stereocenters. The van der Waals surface area contributed by atoms with Gasteiger partial charge in [-0.05, 0) is 33.9 Å². The van der Waals surface area contributed by atoms with Gasteiger partial charge < -0.3 is 25.3 Å². The van der Waals surface area contributed by atoms with Crippen molar-refractivity contribution in [2.45, 2.75) is 45.8 Å². The molecule has 0 radical (unpaired) electrons. The standard InChI is InChI=1S/C8H19NO2.C7H17NO2/c1-2-3-4-9(5-7-10)6-8-11;1-6(9)4-8(3)5-7(2)10/h10-11H,2-8H2,1H3;6-7,9-10H,4-5H2,1-3H3. The Morgan fingerprint density at radius 3 is 1.57 bits per heavy atom. The Morgan fingerprint density at radius 2 is 1.29 bits per heavy atom. The maximum atomic E-state index is 8.91. The van der Waals surface area contributed by atoms with Crippen LogP contribution in [0.2, 0.25) is 0 Å². The molecule has 0 saturated carbocycles. The fraction of sp³-hybridized carbons (Fsp3) is 1.00. The molecule has 0 heterocycles. The molecule has 6 nitrogen and oxygen atoms in total. The smallest absolute Gasteiger partial charge is 0.0638 e. The maximum Gasteiger partial charge on any atom is 0.0638 e. The normalized spacial score (nSPS) is 14.0. The largest absolute Gasteiger partial charge is 0.395 e. The van der Waals surface area contributed by atoms with Crippen LogP contribution in [0.1, 0.15) is 33.6 Å². The number of hydrogen-bond acceptors (Lipinski definition) is 6. The average molecular weight is 308 g/mol. The lowest BCUT2D eigenvalue weighted by molar-refractivity contribution is 0.0990. The van der Waals surface area contributed by atoms with Crippen LogP contribution in [0.4, 0.5) is 0 Å². The van der Waals surface area contributed by atoms with E-state index in [1.165, 1.54) is 0 Å². The van der Waals surface area contributed by atoms with Gasteiger partial charge in [-0.15, -0.1) is 0 Å². The molecule has 4 N–H and O–H groups in total. The van der Waals surface area contributed by atoms with Gasteiger partial charge in [0.15, 0.2) is 0 Å². The molecule has 2 unspecified atom stereocenters. The minimum Gasteiger partial charge on any atom is -0.395 e. The summed E-state index contributed by atoms with van der Waals surface area (Å²) in [4.78, 5) is 3.97. The van der Waals surface area contributed by atoms with Crippen LogP contribution in [0.3, 0.4) is 0 Å². The second-order valence-corrected chi connectivity index (χ2v) is 5.56. The van der Waals surface area contributed by atoms with Gasteiger partial charge in [0, 0.05) is 26.2 Å². The minimum atomic E-state index is -0.316. The molecule has 21 heavy (non-hydrogen) atoms. The SMILES string of the molecule is CC(O)CN(C)CC(C)O.CCCCN(CCO)CCO. The van der Waals surface area contributed by atoms with Gasteiger partial charge in [0.05, 0.1) is 25.4 Å². The zero-order valence-electron chi connectivity index (χ0n) is 14.2. The van der Waals surface area contributed by atoms with E-state index in [1.807, 2.05) is 11.9 Å². The van der Waals surface area contributed by atoms with Crippen molar-refractivity contribution in [1.82, 2.24) is 9.80 Å². The molecule has 0 aromatic heterocycles. The number of nitrogens with zero attached hydrogens (tertiary/aromatic N) is 2. The van der Waals surface area contributed by atoms with E-state index in [0.29, 0.717) is 26.2 Å². The van der Waals surface area contributed by atoms with Crippen LogP contribution >= 0.6 is 0 Å². The Hall–Kier alpha value is -0.240. The third-order valence-electron chi connectivity index (χ3n) is 2.81. The molecule has 130 valence electrons. The molecule has 0 amide bonds. The Balaban J connectivity index is 0. The van der Waals surface area contributed by atoms with E-state index < -0.39 is 0 Å². The number of aliphatic hydroxyl groups is 4. The molecule has 0 rings (SSSR count). The second-order valence-electron chi connectivity index (χ2n) is 5.56. The highest BCUT2D eigenvalue weighted by Gasteiger charge is 2.04. The van der Waals surface area contributed by atoms with Gasteiger partial charge in [-0.2, -0.15) is 0 Å². The van der Waals surface area contributed by atoms with Crippen molar-refractivity contribution < 1.29 is 20.4 Å². The molecule has 0 bridgehead atoms. The molecule has 0 aromatic carbocycles. The van der Waals surface area contributed by atoms with Crippen LogP contribution in [0.25, 0.3) is 0 Å². The molecule has 0 aliphatic carbocycles. The lowest BCUT2D eigenvalue weighted by Crippen LogP contribution is -2.32. The molecular formula is C15H36N2O4. The van der Waals surface area contributed by atoms with E-state index in [9.17, 15) is 0 Å². The molecule has 0 aromatic rings. The van der Waals surface area contributed by atoms with Crippen LogP contribution in [0, 0.1) is 0 Å². The Bertz CT molecular complexity index is 188. The number of aliphatic hydroxyl groups excluding tert-OH is 4. The Morgan fingerprint density at radius 1 is 0.857 bits per heavy atom. The van der Waals surface area contributed by atoms with Crippen molar-refractivity contribution >= 4 is 0 Å². The molecule has 0 aliphatic heterocycles. The van der Waals surface area contributed by atoms with Crippen molar-refractivity contribution in [3.63, 3.8) is 0 Å². The van der Waals surface area contributed by atoms with Gasteiger partial charge >= 0.3 is 0 Å². The van der Waals surface area contributed by atoms with Crippen molar-refractivity contribution in [2.75, 3.05) is 53.0 Å². The quantitative estimate of drug-likeness (QED) is 0.421. The fourth-order valence-corrected chi connectivity index (χ4v) is 1.98. The third kappa shape index (κ3) is 19.8. The molecule has 0 aliphatic rings. The number of likely N-dealkylation sites (N-methyl/N-ethyl adjacent to an activating group) is 1. The van der Waals surface area contributed by atoms with E-state index in [0.717, 1.165) is 19.4 Å². The summed E-state index contributed by atoms with van der Waals surface area (Å²) in [6.07, 6.45) is 1.67. The number of rotatable bonds is 11. The van der Waals surface area contributed by atoms with Crippen LogP contribution < -0.4 is 0 Å². The highest BCUT2D eigenvalue weighted by molar-refractivity contribution is 4.58.